The van der Waals surface area contributed by atoms with Gasteiger partial charge in [-0.1, -0.05) is 12.1 Å². The number of hydrogen-bond donors (Lipinski definition) is 2. The van der Waals surface area contributed by atoms with E-state index in [9.17, 15) is 4.79 Å². The van der Waals surface area contributed by atoms with E-state index >= 15 is 0 Å². The molecule has 0 atom stereocenters. The van der Waals surface area contributed by atoms with Gasteiger partial charge in [0.05, 0.1) is 41.1 Å². The van der Waals surface area contributed by atoms with E-state index in [0.29, 0.717) is 19.0 Å². The topological polar surface area (TPSA) is 59.6 Å². The maximum atomic E-state index is 12.1. The second-order valence-electron chi connectivity index (χ2n) is 6.58. The van der Waals surface area contributed by atoms with E-state index in [1.807, 2.05) is 29.5 Å². The SMILES string of the molecule is O=C(C[NH+]1CCC(c2nc3ccccc3s2)CC1)NCc1ccco1. The number of rotatable bonds is 5. The number of furan rings is 1. The number of amides is 1. The average Bonchev–Trinajstić information content (AvgIpc) is 3.30. The fraction of sp³-hybridized carbons (Fsp3) is 0.368. The number of fused-ring (bicyclic) bond motifs is 1. The molecule has 1 saturated heterocycles. The summed E-state index contributed by atoms with van der Waals surface area (Å²) < 4.78 is 6.50. The standard InChI is InChI=1S/C19H21N3O2S/c23-18(20-12-15-4-3-11-24-15)13-22-9-7-14(8-10-22)19-21-16-5-1-2-6-17(16)25-19/h1-6,11,14H,7-10,12-13H2,(H,20,23)/p+1. The minimum absolute atomic E-state index is 0.0878. The first kappa shape index (κ1) is 16.3. The first-order valence-electron chi connectivity index (χ1n) is 8.76. The Bertz CT molecular complexity index is 802. The van der Waals surface area contributed by atoms with Crippen LogP contribution in [0.1, 0.15) is 29.5 Å². The quantitative estimate of drug-likeness (QED) is 0.735. The summed E-state index contributed by atoms with van der Waals surface area (Å²) in [4.78, 5) is 18.2. The van der Waals surface area contributed by atoms with Crippen LogP contribution in [-0.4, -0.2) is 30.5 Å². The number of carbonyl (C=O) groups excluding carboxylic acids is 1. The van der Waals surface area contributed by atoms with Crippen LogP contribution in [0.5, 0.6) is 0 Å². The first-order chi connectivity index (χ1) is 12.3. The number of benzene rings is 1. The van der Waals surface area contributed by atoms with Crippen molar-refractivity contribution in [2.75, 3.05) is 19.6 Å². The molecule has 3 heterocycles. The number of quaternary nitrogens is 1. The van der Waals surface area contributed by atoms with Gasteiger partial charge in [0.1, 0.15) is 5.76 Å². The fourth-order valence-electron chi connectivity index (χ4n) is 3.40. The van der Waals surface area contributed by atoms with Crippen molar-refractivity contribution in [1.82, 2.24) is 10.3 Å². The van der Waals surface area contributed by atoms with Gasteiger partial charge >= 0.3 is 0 Å². The number of thiazole rings is 1. The van der Waals surface area contributed by atoms with Gasteiger partial charge < -0.3 is 14.6 Å². The minimum Gasteiger partial charge on any atom is -0.467 e. The van der Waals surface area contributed by atoms with Crippen LogP contribution >= 0.6 is 11.3 Å². The molecule has 1 aliphatic rings. The van der Waals surface area contributed by atoms with Gasteiger partial charge in [-0.3, -0.25) is 4.79 Å². The highest BCUT2D eigenvalue weighted by Gasteiger charge is 2.27. The Morgan fingerprint density at radius 1 is 1.24 bits per heavy atom. The van der Waals surface area contributed by atoms with E-state index in [2.05, 4.69) is 23.5 Å². The zero-order chi connectivity index (χ0) is 17.1. The summed E-state index contributed by atoms with van der Waals surface area (Å²) in [7, 11) is 0. The normalized spacial score (nSPS) is 20.6. The summed E-state index contributed by atoms with van der Waals surface area (Å²) in [6, 6.07) is 12.0. The van der Waals surface area contributed by atoms with E-state index in [1.54, 1.807) is 6.26 Å². The monoisotopic (exact) mass is 356 g/mol. The molecule has 2 aromatic heterocycles. The molecule has 1 amide bonds. The van der Waals surface area contributed by atoms with Crippen molar-refractivity contribution in [2.24, 2.45) is 0 Å². The number of nitrogens with zero attached hydrogens (tertiary/aromatic N) is 1. The number of hydrogen-bond acceptors (Lipinski definition) is 4. The Kier molecular flexibility index (Phi) is 4.81. The van der Waals surface area contributed by atoms with Crippen molar-refractivity contribution in [2.45, 2.75) is 25.3 Å². The highest BCUT2D eigenvalue weighted by Crippen LogP contribution is 2.31. The van der Waals surface area contributed by atoms with Crippen molar-refractivity contribution in [3.8, 4) is 0 Å². The van der Waals surface area contributed by atoms with Crippen LogP contribution in [0.25, 0.3) is 10.2 Å². The lowest BCUT2D eigenvalue weighted by molar-refractivity contribution is -0.897. The van der Waals surface area contributed by atoms with Crippen LogP contribution in [0.15, 0.2) is 47.1 Å². The van der Waals surface area contributed by atoms with Crippen LogP contribution in [0, 0.1) is 0 Å². The Hall–Kier alpha value is -2.18. The van der Waals surface area contributed by atoms with Crippen molar-refractivity contribution in [1.29, 1.82) is 0 Å². The predicted octanol–water partition coefficient (Wildman–Crippen LogP) is 1.97. The van der Waals surface area contributed by atoms with Crippen LogP contribution in [0.4, 0.5) is 0 Å². The lowest BCUT2D eigenvalue weighted by atomic mass is 9.97. The molecule has 130 valence electrons. The molecule has 2 N–H and O–H groups in total. The molecule has 4 rings (SSSR count). The summed E-state index contributed by atoms with van der Waals surface area (Å²) >= 11 is 1.82. The van der Waals surface area contributed by atoms with E-state index in [0.717, 1.165) is 37.2 Å². The van der Waals surface area contributed by atoms with Crippen LogP contribution in [0.3, 0.4) is 0 Å². The lowest BCUT2D eigenvalue weighted by Crippen LogP contribution is -3.14. The molecule has 1 fully saturated rings. The third kappa shape index (κ3) is 3.91. The molecular weight excluding hydrogens is 334 g/mol. The van der Waals surface area contributed by atoms with Gasteiger partial charge in [0.15, 0.2) is 6.54 Å². The number of carbonyl (C=O) groups is 1. The molecule has 3 aromatic rings. The smallest absolute Gasteiger partial charge is 0.275 e. The van der Waals surface area contributed by atoms with Crippen LogP contribution in [0.2, 0.25) is 0 Å². The Labute approximate surface area is 150 Å². The second-order valence-corrected chi connectivity index (χ2v) is 7.64. The molecule has 0 spiro atoms. The molecule has 1 aromatic carbocycles. The number of aromatic nitrogens is 1. The summed E-state index contributed by atoms with van der Waals surface area (Å²) in [5.74, 6) is 1.41. The van der Waals surface area contributed by atoms with E-state index in [1.165, 1.54) is 14.6 Å². The largest absolute Gasteiger partial charge is 0.467 e. The Balaban J connectivity index is 1.27. The highest BCUT2D eigenvalue weighted by molar-refractivity contribution is 7.18. The number of nitrogens with one attached hydrogen (secondary N) is 2. The molecule has 5 nitrogen and oxygen atoms in total. The molecule has 0 unspecified atom stereocenters. The Morgan fingerprint density at radius 3 is 2.84 bits per heavy atom. The average molecular weight is 356 g/mol. The molecule has 0 bridgehead atoms. The third-order valence-corrected chi connectivity index (χ3v) is 6.00. The zero-order valence-corrected chi connectivity index (χ0v) is 14.8. The summed E-state index contributed by atoms with van der Waals surface area (Å²) in [5, 5.41) is 4.18. The molecule has 0 aliphatic carbocycles. The van der Waals surface area contributed by atoms with Crippen molar-refractivity contribution < 1.29 is 14.1 Å². The van der Waals surface area contributed by atoms with Crippen LogP contribution in [-0.2, 0) is 11.3 Å². The van der Waals surface area contributed by atoms with Gasteiger partial charge in [0.2, 0.25) is 0 Å². The van der Waals surface area contributed by atoms with Crippen molar-refractivity contribution in [3.63, 3.8) is 0 Å². The van der Waals surface area contributed by atoms with E-state index in [4.69, 9.17) is 9.40 Å². The van der Waals surface area contributed by atoms with E-state index < -0.39 is 0 Å². The Morgan fingerprint density at radius 2 is 2.08 bits per heavy atom. The van der Waals surface area contributed by atoms with E-state index in [-0.39, 0.29) is 5.91 Å². The van der Waals surface area contributed by atoms with Gasteiger partial charge in [-0.15, -0.1) is 11.3 Å². The molecule has 25 heavy (non-hydrogen) atoms. The van der Waals surface area contributed by atoms with Gasteiger partial charge in [-0.2, -0.15) is 0 Å². The lowest BCUT2D eigenvalue weighted by Gasteiger charge is -2.27. The molecular formula is C19H22N3O2S+. The van der Waals surface area contributed by atoms with Crippen molar-refractivity contribution in [3.05, 3.63) is 53.4 Å². The maximum absolute atomic E-state index is 12.1. The molecule has 1 aliphatic heterocycles. The summed E-state index contributed by atoms with van der Waals surface area (Å²) in [6.45, 7) is 3.05. The van der Waals surface area contributed by atoms with Gasteiger partial charge in [-0.25, -0.2) is 4.98 Å². The molecule has 6 heteroatoms. The van der Waals surface area contributed by atoms with Crippen LogP contribution < -0.4 is 10.2 Å². The van der Waals surface area contributed by atoms with Crippen molar-refractivity contribution >= 4 is 27.5 Å². The fourth-order valence-corrected chi connectivity index (χ4v) is 4.54. The highest BCUT2D eigenvalue weighted by atomic mass is 32.1. The van der Waals surface area contributed by atoms with Gasteiger partial charge in [-0.05, 0) is 24.3 Å². The van der Waals surface area contributed by atoms with Gasteiger partial charge in [0, 0.05) is 18.8 Å². The summed E-state index contributed by atoms with van der Waals surface area (Å²) in [6.07, 6.45) is 3.82. The maximum Gasteiger partial charge on any atom is 0.275 e. The third-order valence-electron chi connectivity index (χ3n) is 4.80. The number of likely N-dealkylation sites (tertiary alicyclic amines) is 1. The second kappa shape index (κ2) is 7.37. The predicted molar refractivity (Wildman–Crippen MR) is 97.7 cm³/mol. The summed E-state index contributed by atoms with van der Waals surface area (Å²) in [5.41, 5.74) is 1.11. The molecule has 0 radical (unpaired) electrons. The first-order valence-corrected chi connectivity index (χ1v) is 9.58. The minimum atomic E-state index is 0.0878. The number of para-hydroxylation sites is 1. The zero-order valence-electron chi connectivity index (χ0n) is 14.0. The van der Waals surface area contributed by atoms with Gasteiger partial charge in [0.25, 0.3) is 5.91 Å². The number of piperidine rings is 1. The molecule has 0 saturated carbocycles.